The van der Waals surface area contributed by atoms with E-state index in [1.807, 2.05) is 0 Å². The molecule has 0 saturated carbocycles. The zero-order chi connectivity index (χ0) is 12.0. The molecular weight excluding hydrogens is 220 g/mol. The van der Waals surface area contributed by atoms with Gasteiger partial charge in [0.2, 0.25) is 0 Å². The Balaban J connectivity index is 1.85. The van der Waals surface area contributed by atoms with Crippen molar-refractivity contribution < 1.29 is 0 Å². The van der Waals surface area contributed by atoms with Crippen molar-refractivity contribution in [3.8, 4) is 0 Å². The van der Waals surface area contributed by atoms with Crippen LogP contribution in [-0.2, 0) is 5.41 Å². The van der Waals surface area contributed by atoms with Crippen LogP contribution in [0.4, 0.5) is 5.69 Å². The topological polar surface area (TPSA) is 24.1 Å². The number of rotatable bonds is 1. The predicted molar refractivity (Wildman–Crippen MR) is 74.6 cm³/mol. The molecule has 0 radical (unpaired) electrons. The summed E-state index contributed by atoms with van der Waals surface area (Å²) in [6, 6.07) is 8.88. The van der Waals surface area contributed by atoms with Gasteiger partial charge in [-0.3, -0.25) is 5.32 Å². The molecule has 18 heavy (non-hydrogen) atoms. The van der Waals surface area contributed by atoms with Gasteiger partial charge in [-0.25, -0.2) is 0 Å². The second-order valence-corrected chi connectivity index (χ2v) is 5.83. The molecule has 0 amide bonds. The Hall–Kier alpha value is -1.28. The summed E-state index contributed by atoms with van der Waals surface area (Å²) in [7, 11) is 0. The fraction of sp³-hybridized carbons (Fsp3) is 0.500. The zero-order valence-electron chi connectivity index (χ0n) is 10.7. The summed E-state index contributed by atoms with van der Waals surface area (Å²) in [5.41, 5.74) is 3.18. The molecule has 4 rings (SSSR count). The van der Waals surface area contributed by atoms with Gasteiger partial charge in [0, 0.05) is 11.1 Å². The lowest BCUT2D eigenvalue weighted by atomic mass is 9.66. The third kappa shape index (κ3) is 1.27. The van der Waals surface area contributed by atoms with Crippen LogP contribution in [0.15, 0.2) is 36.4 Å². The van der Waals surface area contributed by atoms with Crippen molar-refractivity contribution in [2.45, 2.75) is 37.3 Å². The predicted octanol–water partition coefficient (Wildman–Crippen LogP) is 3.03. The highest BCUT2D eigenvalue weighted by molar-refractivity contribution is 5.63. The average molecular weight is 240 g/mol. The highest BCUT2D eigenvalue weighted by Gasteiger charge is 2.53. The highest BCUT2D eigenvalue weighted by atomic mass is 15.2. The Labute approximate surface area is 108 Å². The van der Waals surface area contributed by atoms with Gasteiger partial charge < -0.3 is 5.32 Å². The molecular formula is C16H20N2. The first kappa shape index (κ1) is 10.6. The van der Waals surface area contributed by atoms with Crippen molar-refractivity contribution in [3.05, 3.63) is 42.0 Å². The van der Waals surface area contributed by atoms with Crippen LogP contribution in [0.3, 0.4) is 0 Å². The highest BCUT2D eigenvalue weighted by Crippen LogP contribution is 2.52. The van der Waals surface area contributed by atoms with E-state index in [4.69, 9.17) is 0 Å². The maximum absolute atomic E-state index is 3.69. The number of hydrogen-bond acceptors (Lipinski definition) is 2. The molecule has 2 heteroatoms. The molecule has 1 fully saturated rings. The van der Waals surface area contributed by atoms with Crippen LogP contribution in [0.1, 0.15) is 31.2 Å². The minimum absolute atomic E-state index is 0.299. The largest absolute Gasteiger partial charge is 0.369 e. The summed E-state index contributed by atoms with van der Waals surface area (Å²) < 4.78 is 0. The number of nitrogens with one attached hydrogen (secondary N) is 2. The van der Waals surface area contributed by atoms with Crippen molar-refractivity contribution in [1.29, 1.82) is 0 Å². The van der Waals surface area contributed by atoms with Crippen molar-refractivity contribution in [2.75, 3.05) is 11.9 Å². The number of anilines is 1. The van der Waals surface area contributed by atoms with E-state index in [9.17, 15) is 0 Å². The van der Waals surface area contributed by atoms with E-state index in [-0.39, 0.29) is 0 Å². The summed E-state index contributed by atoms with van der Waals surface area (Å²) in [6.07, 6.45) is 10.5. The van der Waals surface area contributed by atoms with Crippen molar-refractivity contribution in [2.24, 2.45) is 5.92 Å². The van der Waals surface area contributed by atoms with Crippen molar-refractivity contribution in [3.63, 3.8) is 0 Å². The minimum Gasteiger partial charge on any atom is -0.369 e. The maximum Gasteiger partial charge on any atom is 0.0874 e. The summed E-state index contributed by atoms with van der Waals surface area (Å²) >= 11 is 0. The lowest BCUT2D eigenvalue weighted by Crippen LogP contribution is -2.45. The Morgan fingerprint density at radius 3 is 3.06 bits per heavy atom. The second-order valence-electron chi connectivity index (χ2n) is 5.83. The monoisotopic (exact) mass is 240 g/mol. The van der Waals surface area contributed by atoms with Crippen LogP contribution < -0.4 is 10.6 Å². The molecule has 2 aliphatic heterocycles. The smallest absolute Gasteiger partial charge is 0.0874 e. The third-order valence-electron chi connectivity index (χ3n) is 5.05. The van der Waals surface area contributed by atoms with Gasteiger partial charge in [-0.05, 0) is 49.8 Å². The molecule has 1 aliphatic carbocycles. The molecule has 2 N–H and O–H groups in total. The maximum atomic E-state index is 3.69. The van der Waals surface area contributed by atoms with Crippen molar-refractivity contribution in [1.82, 2.24) is 5.32 Å². The number of hydrogen-bond donors (Lipinski definition) is 2. The Morgan fingerprint density at radius 1 is 1.22 bits per heavy atom. The molecule has 1 aromatic carbocycles. The van der Waals surface area contributed by atoms with Crippen LogP contribution in [0.25, 0.3) is 0 Å². The van der Waals surface area contributed by atoms with Crippen LogP contribution in [-0.4, -0.2) is 12.7 Å². The van der Waals surface area contributed by atoms with E-state index >= 15 is 0 Å². The van der Waals surface area contributed by atoms with E-state index in [1.165, 1.54) is 36.9 Å². The molecule has 1 saturated heterocycles. The Kier molecular flexibility index (Phi) is 2.28. The molecule has 0 spiro atoms. The first-order chi connectivity index (χ1) is 8.91. The normalized spacial score (nSPS) is 37.1. The molecule has 1 aromatic rings. The standard InChI is InChI=1S/C16H20N2/c1-2-6-12(7-3-1)16-10-11-17-15(16)18-14-9-5-4-8-13(14)16/h2,4-6,8-9,12,15,17-18H,1,3,7,10-11H2/t12-,15+,16+/m0/s1. The molecule has 2 heterocycles. The molecule has 3 atom stereocenters. The lowest BCUT2D eigenvalue weighted by molar-refractivity contribution is 0.286. The van der Waals surface area contributed by atoms with Gasteiger partial charge in [0.1, 0.15) is 0 Å². The molecule has 0 bridgehead atoms. The summed E-state index contributed by atoms with van der Waals surface area (Å²) in [6.45, 7) is 1.14. The van der Waals surface area contributed by atoms with Gasteiger partial charge in [-0.2, -0.15) is 0 Å². The van der Waals surface area contributed by atoms with E-state index in [0.29, 0.717) is 17.5 Å². The molecule has 94 valence electrons. The molecule has 3 aliphatic rings. The molecule has 0 unspecified atom stereocenters. The van der Waals surface area contributed by atoms with Gasteiger partial charge in [-0.15, -0.1) is 0 Å². The third-order valence-corrected chi connectivity index (χ3v) is 5.05. The van der Waals surface area contributed by atoms with Gasteiger partial charge in [0.25, 0.3) is 0 Å². The second kappa shape index (κ2) is 3.86. The van der Waals surface area contributed by atoms with E-state index in [1.54, 1.807) is 0 Å². The number of allylic oxidation sites excluding steroid dienone is 2. The zero-order valence-corrected chi connectivity index (χ0v) is 10.7. The molecule has 2 nitrogen and oxygen atoms in total. The van der Waals surface area contributed by atoms with Crippen molar-refractivity contribution >= 4 is 5.69 Å². The Morgan fingerprint density at radius 2 is 2.17 bits per heavy atom. The van der Waals surface area contributed by atoms with E-state index < -0.39 is 0 Å². The first-order valence-corrected chi connectivity index (χ1v) is 7.17. The van der Waals surface area contributed by atoms with Gasteiger partial charge in [-0.1, -0.05) is 30.4 Å². The van der Waals surface area contributed by atoms with E-state index in [0.717, 1.165) is 6.54 Å². The number of fused-ring (bicyclic) bond motifs is 3. The number of para-hydroxylation sites is 1. The SMILES string of the molecule is C1=C[C@H]([C@@]23CCN[C@@H]2Nc2ccccc23)CCC1. The average Bonchev–Trinajstić information content (AvgIpc) is 2.96. The summed E-state index contributed by atoms with van der Waals surface area (Å²) in [5, 5.41) is 7.35. The van der Waals surface area contributed by atoms with Gasteiger partial charge in [0.05, 0.1) is 6.17 Å². The van der Waals surface area contributed by atoms with Crippen LogP contribution in [0.5, 0.6) is 0 Å². The van der Waals surface area contributed by atoms with Gasteiger partial charge >= 0.3 is 0 Å². The number of benzene rings is 1. The first-order valence-electron chi connectivity index (χ1n) is 7.17. The summed E-state index contributed by atoms with van der Waals surface area (Å²) in [5.74, 6) is 0.697. The minimum atomic E-state index is 0.299. The van der Waals surface area contributed by atoms with Gasteiger partial charge in [0.15, 0.2) is 0 Å². The quantitative estimate of drug-likeness (QED) is 0.737. The fourth-order valence-corrected chi connectivity index (χ4v) is 4.23. The van der Waals surface area contributed by atoms with Crippen LogP contribution in [0.2, 0.25) is 0 Å². The van der Waals surface area contributed by atoms with Crippen LogP contribution in [0, 0.1) is 5.92 Å². The van der Waals surface area contributed by atoms with E-state index in [2.05, 4.69) is 47.1 Å². The fourth-order valence-electron chi connectivity index (χ4n) is 4.23. The Bertz CT molecular complexity index is 494. The molecule has 0 aromatic heterocycles. The lowest BCUT2D eigenvalue weighted by Gasteiger charge is -2.37. The summed E-state index contributed by atoms with van der Waals surface area (Å²) in [4.78, 5) is 0. The van der Waals surface area contributed by atoms with Crippen LogP contribution >= 0.6 is 0 Å².